The Bertz CT molecular complexity index is 867. The smallest absolute Gasteiger partial charge is 0.337 e. The van der Waals surface area contributed by atoms with Gasteiger partial charge >= 0.3 is 5.97 Å². The fraction of sp³-hybridized carbons (Fsp3) is 0.545. The third kappa shape index (κ3) is 2.82. The minimum atomic E-state index is -0.800. The number of piperidine rings is 1. The van der Waals surface area contributed by atoms with Gasteiger partial charge in [0, 0.05) is 23.8 Å². The van der Waals surface area contributed by atoms with E-state index in [4.69, 9.17) is 9.47 Å². The number of nitrogens with one attached hydrogen (secondary N) is 1. The molecule has 7 heteroatoms. The SMILES string of the molecule is CC[C@H]1CN2CC[C@]3(C(=O)Nc4cccc(O)c43)[C@@H]2C[C@@H]1C(=COC)C(=O)OC. The van der Waals surface area contributed by atoms with Gasteiger partial charge in [0.05, 0.1) is 31.5 Å². The van der Waals surface area contributed by atoms with Crippen LogP contribution in [0.3, 0.4) is 0 Å². The maximum atomic E-state index is 13.2. The van der Waals surface area contributed by atoms with Gasteiger partial charge in [-0.3, -0.25) is 9.69 Å². The number of nitrogens with zero attached hydrogens (tertiary/aromatic N) is 1. The van der Waals surface area contributed by atoms with E-state index in [1.807, 2.05) is 6.07 Å². The number of hydrogen-bond donors (Lipinski definition) is 2. The predicted octanol–water partition coefficient (Wildman–Crippen LogP) is 2.41. The third-order valence-corrected chi connectivity index (χ3v) is 7.05. The molecule has 4 atom stereocenters. The number of ether oxygens (including phenoxy) is 2. The van der Waals surface area contributed by atoms with E-state index in [1.165, 1.54) is 20.5 Å². The Morgan fingerprint density at radius 2 is 2.21 bits per heavy atom. The zero-order valence-electron chi connectivity index (χ0n) is 17.1. The Labute approximate surface area is 170 Å². The van der Waals surface area contributed by atoms with Crippen molar-refractivity contribution in [2.24, 2.45) is 11.8 Å². The molecule has 156 valence electrons. The minimum absolute atomic E-state index is 0.0643. The van der Waals surface area contributed by atoms with Gasteiger partial charge < -0.3 is 19.9 Å². The molecular formula is C22H28N2O5. The van der Waals surface area contributed by atoms with E-state index in [1.54, 1.807) is 12.1 Å². The first-order valence-electron chi connectivity index (χ1n) is 10.2. The first kappa shape index (κ1) is 19.8. The molecule has 2 saturated heterocycles. The molecule has 1 aromatic carbocycles. The van der Waals surface area contributed by atoms with E-state index in [0.29, 0.717) is 29.7 Å². The molecule has 0 radical (unpaired) electrons. The van der Waals surface area contributed by atoms with E-state index in [9.17, 15) is 14.7 Å². The van der Waals surface area contributed by atoms with Gasteiger partial charge in [-0.2, -0.15) is 0 Å². The minimum Gasteiger partial charge on any atom is -0.508 e. The molecule has 0 saturated carbocycles. The average molecular weight is 400 g/mol. The Morgan fingerprint density at radius 3 is 2.90 bits per heavy atom. The summed E-state index contributed by atoms with van der Waals surface area (Å²) < 4.78 is 10.2. The second-order valence-corrected chi connectivity index (χ2v) is 8.20. The molecule has 29 heavy (non-hydrogen) atoms. The van der Waals surface area contributed by atoms with E-state index in [0.717, 1.165) is 19.5 Å². The van der Waals surface area contributed by atoms with Crippen LogP contribution in [0.5, 0.6) is 5.75 Å². The van der Waals surface area contributed by atoms with Crippen molar-refractivity contribution < 1.29 is 24.2 Å². The predicted molar refractivity (Wildman–Crippen MR) is 107 cm³/mol. The molecule has 3 heterocycles. The van der Waals surface area contributed by atoms with Crippen molar-refractivity contribution in [1.82, 2.24) is 4.90 Å². The zero-order chi connectivity index (χ0) is 20.8. The highest BCUT2D eigenvalue weighted by atomic mass is 16.5. The van der Waals surface area contributed by atoms with Crippen LogP contribution in [0.4, 0.5) is 5.69 Å². The lowest BCUT2D eigenvalue weighted by molar-refractivity contribution is -0.137. The number of fused-ring (bicyclic) bond motifs is 4. The number of phenolic OH excluding ortho intramolecular Hbond substituents is 1. The second-order valence-electron chi connectivity index (χ2n) is 8.20. The van der Waals surface area contributed by atoms with Crippen LogP contribution in [0.25, 0.3) is 0 Å². The van der Waals surface area contributed by atoms with Crippen molar-refractivity contribution in [2.75, 3.05) is 32.6 Å². The standard InChI is InChI=1S/C22H28N2O5/c1-4-13-11-24-9-8-22(19-16(23-21(22)27)6-5-7-17(19)25)18(24)10-14(13)15(12-28-2)20(26)29-3/h5-7,12-14,18,25H,4,8-11H2,1-3H3,(H,23,27)/t13-,14-,18-,22-/m0/s1. The highest BCUT2D eigenvalue weighted by molar-refractivity contribution is 6.08. The number of rotatable bonds is 4. The van der Waals surface area contributed by atoms with Gasteiger partial charge in [-0.1, -0.05) is 19.4 Å². The number of amides is 1. The van der Waals surface area contributed by atoms with Crippen molar-refractivity contribution >= 4 is 17.6 Å². The summed E-state index contributed by atoms with van der Waals surface area (Å²) in [7, 11) is 2.90. The fourth-order valence-electron chi connectivity index (χ4n) is 5.73. The Hall–Kier alpha value is -2.54. The highest BCUT2D eigenvalue weighted by Crippen LogP contribution is 2.55. The lowest BCUT2D eigenvalue weighted by Gasteiger charge is -2.45. The molecule has 1 aromatic rings. The number of methoxy groups -OCH3 is 2. The Morgan fingerprint density at radius 1 is 1.41 bits per heavy atom. The molecule has 3 aliphatic rings. The Balaban J connectivity index is 1.77. The van der Waals surface area contributed by atoms with Crippen LogP contribution in [0.2, 0.25) is 0 Å². The summed E-state index contributed by atoms with van der Waals surface area (Å²) in [6.45, 7) is 3.70. The number of aromatic hydroxyl groups is 1. The van der Waals surface area contributed by atoms with Crippen LogP contribution in [0, 0.1) is 11.8 Å². The van der Waals surface area contributed by atoms with Gasteiger partial charge in [-0.05, 0) is 43.4 Å². The number of carbonyl (C=O) groups excluding carboxylic acids is 2. The van der Waals surface area contributed by atoms with E-state index in [2.05, 4.69) is 17.1 Å². The lowest BCUT2D eigenvalue weighted by Crippen LogP contribution is -2.53. The molecule has 4 rings (SSSR count). The summed E-state index contributed by atoms with van der Waals surface area (Å²) in [6, 6.07) is 5.12. The summed E-state index contributed by atoms with van der Waals surface area (Å²) in [5.41, 5.74) is 1.10. The maximum Gasteiger partial charge on any atom is 0.337 e. The lowest BCUT2D eigenvalue weighted by atomic mass is 9.67. The summed E-state index contributed by atoms with van der Waals surface area (Å²) in [4.78, 5) is 28.1. The quantitative estimate of drug-likeness (QED) is 0.458. The summed E-state index contributed by atoms with van der Waals surface area (Å²) in [5, 5.41) is 13.6. The van der Waals surface area contributed by atoms with Gasteiger partial charge in [0.15, 0.2) is 0 Å². The zero-order valence-corrected chi connectivity index (χ0v) is 17.1. The number of benzene rings is 1. The molecule has 7 nitrogen and oxygen atoms in total. The van der Waals surface area contributed by atoms with Crippen LogP contribution in [-0.2, 0) is 24.5 Å². The summed E-state index contributed by atoms with van der Waals surface area (Å²) >= 11 is 0. The van der Waals surface area contributed by atoms with Gasteiger partial charge in [0.25, 0.3) is 0 Å². The van der Waals surface area contributed by atoms with Crippen molar-refractivity contribution in [3.8, 4) is 5.75 Å². The van der Waals surface area contributed by atoms with Gasteiger partial charge in [-0.25, -0.2) is 4.79 Å². The van der Waals surface area contributed by atoms with Crippen LogP contribution in [0.1, 0.15) is 31.7 Å². The highest BCUT2D eigenvalue weighted by Gasteiger charge is 2.61. The first-order valence-corrected chi connectivity index (χ1v) is 10.2. The van der Waals surface area contributed by atoms with Gasteiger partial charge in [0.2, 0.25) is 5.91 Å². The Kier molecular flexibility index (Phi) is 5.02. The number of phenols is 1. The van der Waals surface area contributed by atoms with E-state index >= 15 is 0 Å². The number of anilines is 1. The molecule has 1 amide bonds. The van der Waals surface area contributed by atoms with E-state index < -0.39 is 11.4 Å². The molecule has 0 bridgehead atoms. The molecule has 1 spiro atoms. The monoisotopic (exact) mass is 400 g/mol. The van der Waals surface area contributed by atoms with Crippen LogP contribution >= 0.6 is 0 Å². The summed E-state index contributed by atoms with van der Waals surface area (Å²) in [6.07, 6.45) is 3.67. The van der Waals surface area contributed by atoms with Gasteiger partial charge in [0.1, 0.15) is 5.75 Å². The molecule has 0 aromatic heterocycles. The van der Waals surface area contributed by atoms with Gasteiger partial charge in [-0.15, -0.1) is 0 Å². The number of hydrogen-bond acceptors (Lipinski definition) is 6. The fourth-order valence-corrected chi connectivity index (χ4v) is 5.73. The van der Waals surface area contributed by atoms with Crippen LogP contribution in [0.15, 0.2) is 30.0 Å². The molecular weight excluding hydrogens is 372 g/mol. The maximum absolute atomic E-state index is 13.2. The van der Waals surface area contributed by atoms with Crippen molar-refractivity contribution in [3.05, 3.63) is 35.6 Å². The third-order valence-electron chi connectivity index (χ3n) is 7.05. The largest absolute Gasteiger partial charge is 0.508 e. The molecule has 2 N–H and O–H groups in total. The normalized spacial score (nSPS) is 31.3. The van der Waals surface area contributed by atoms with E-state index in [-0.39, 0.29) is 29.5 Å². The second kappa shape index (κ2) is 7.37. The average Bonchev–Trinajstić information content (AvgIpc) is 3.24. The topological polar surface area (TPSA) is 88.1 Å². The van der Waals surface area contributed by atoms with Crippen molar-refractivity contribution in [3.63, 3.8) is 0 Å². The number of carbonyl (C=O) groups is 2. The first-order chi connectivity index (χ1) is 14.0. The molecule has 2 fully saturated rings. The van der Waals surface area contributed by atoms with Crippen molar-refractivity contribution in [2.45, 2.75) is 37.6 Å². The molecule has 0 aliphatic carbocycles. The number of esters is 1. The van der Waals surface area contributed by atoms with Crippen LogP contribution < -0.4 is 5.32 Å². The van der Waals surface area contributed by atoms with Crippen molar-refractivity contribution in [1.29, 1.82) is 0 Å². The molecule has 0 unspecified atom stereocenters. The summed E-state index contributed by atoms with van der Waals surface area (Å²) in [5.74, 6) is -0.125. The molecule has 3 aliphatic heterocycles. The van der Waals surface area contributed by atoms with Crippen LogP contribution in [-0.4, -0.2) is 55.2 Å².